The summed E-state index contributed by atoms with van der Waals surface area (Å²) >= 11 is 9.56. The van der Waals surface area contributed by atoms with Crippen LogP contribution in [0.4, 0.5) is 5.69 Å². The number of nitrogens with zero attached hydrogens (tertiary/aromatic N) is 2. The van der Waals surface area contributed by atoms with Crippen molar-refractivity contribution in [3.63, 3.8) is 0 Å². The smallest absolute Gasteiger partial charge is 0.170 e. The minimum Gasteiger partial charge on any atom is -0.398 e. The van der Waals surface area contributed by atoms with Gasteiger partial charge in [0.05, 0.1) is 22.8 Å². The van der Waals surface area contributed by atoms with Gasteiger partial charge in [0.15, 0.2) is 5.78 Å². The van der Waals surface area contributed by atoms with Gasteiger partial charge in [0.25, 0.3) is 0 Å². The summed E-state index contributed by atoms with van der Waals surface area (Å²) in [4.78, 5) is 12.4. The monoisotopic (exact) mass is 355 g/mol. The van der Waals surface area contributed by atoms with E-state index < -0.39 is 0 Å². The van der Waals surface area contributed by atoms with Crippen LogP contribution in [-0.4, -0.2) is 15.6 Å². The molecule has 6 heteroatoms. The number of nitrogen functional groups attached to an aromatic ring is 1. The molecule has 4 nitrogen and oxygen atoms in total. The number of rotatable bonds is 4. The van der Waals surface area contributed by atoms with E-state index in [2.05, 4.69) is 21.0 Å². The van der Waals surface area contributed by atoms with Crippen molar-refractivity contribution in [2.45, 2.75) is 26.8 Å². The summed E-state index contributed by atoms with van der Waals surface area (Å²) in [6.45, 7) is 4.46. The molecule has 0 aliphatic rings. The van der Waals surface area contributed by atoms with Crippen molar-refractivity contribution in [3.05, 3.63) is 44.6 Å². The highest BCUT2D eigenvalue weighted by atomic mass is 79.9. The molecular weight excluding hydrogens is 342 g/mol. The van der Waals surface area contributed by atoms with E-state index in [-0.39, 0.29) is 12.2 Å². The van der Waals surface area contributed by atoms with Gasteiger partial charge in [-0.15, -0.1) is 0 Å². The number of carbonyl (C=O) groups is 1. The lowest BCUT2D eigenvalue weighted by molar-refractivity contribution is 0.0991. The Kier molecular flexibility index (Phi) is 4.50. The zero-order valence-corrected chi connectivity index (χ0v) is 13.6. The molecule has 2 aromatic rings. The Bertz CT molecular complexity index is 667. The Morgan fingerprint density at radius 3 is 2.85 bits per heavy atom. The summed E-state index contributed by atoms with van der Waals surface area (Å²) in [5, 5.41) is 4.86. The molecule has 1 heterocycles. The standard InChI is InChI=1S/C14H15BrClN3O/c1-3-19-12(14(16)8(2)18-19)7-13(20)10-6-9(15)4-5-11(10)17/h4-6H,3,7,17H2,1-2H3. The van der Waals surface area contributed by atoms with Gasteiger partial charge < -0.3 is 5.73 Å². The number of anilines is 1. The van der Waals surface area contributed by atoms with Crippen LogP contribution in [0.1, 0.15) is 28.7 Å². The molecule has 1 aromatic carbocycles. The van der Waals surface area contributed by atoms with Crippen molar-refractivity contribution >= 4 is 39.0 Å². The lowest BCUT2D eigenvalue weighted by atomic mass is 10.0. The lowest BCUT2D eigenvalue weighted by Crippen LogP contribution is -2.11. The maximum Gasteiger partial charge on any atom is 0.170 e. The summed E-state index contributed by atoms with van der Waals surface area (Å²) in [5.74, 6) is -0.0692. The Morgan fingerprint density at radius 1 is 1.50 bits per heavy atom. The molecule has 0 bridgehead atoms. The summed E-state index contributed by atoms with van der Waals surface area (Å²) in [7, 11) is 0. The van der Waals surface area contributed by atoms with Crippen LogP contribution in [0.15, 0.2) is 22.7 Å². The molecular formula is C14H15BrClN3O. The number of carbonyl (C=O) groups excluding carboxylic acids is 1. The fraction of sp³-hybridized carbons (Fsp3) is 0.286. The Labute approximate surface area is 131 Å². The average molecular weight is 357 g/mol. The van der Waals surface area contributed by atoms with Gasteiger partial charge in [-0.2, -0.15) is 5.10 Å². The third-order valence-electron chi connectivity index (χ3n) is 3.10. The molecule has 20 heavy (non-hydrogen) atoms. The van der Waals surface area contributed by atoms with E-state index in [0.717, 1.165) is 15.9 Å². The van der Waals surface area contributed by atoms with Crippen LogP contribution in [-0.2, 0) is 13.0 Å². The van der Waals surface area contributed by atoms with Crippen LogP contribution in [0.5, 0.6) is 0 Å². The summed E-state index contributed by atoms with van der Waals surface area (Å²) in [6, 6.07) is 5.24. The van der Waals surface area contributed by atoms with Gasteiger partial charge in [-0.05, 0) is 32.0 Å². The average Bonchev–Trinajstić information content (AvgIpc) is 2.69. The molecule has 2 rings (SSSR count). The van der Waals surface area contributed by atoms with E-state index in [0.29, 0.717) is 22.8 Å². The van der Waals surface area contributed by atoms with E-state index in [1.807, 2.05) is 13.8 Å². The van der Waals surface area contributed by atoms with E-state index in [1.165, 1.54) is 0 Å². The van der Waals surface area contributed by atoms with Crippen LogP contribution >= 0.6 is 27.5 Å². The van der Waals surface area contributed by atoms with Crippen LogP contribution < -0.4 is 5.73 Å². The molecule has 106 valence electrons. The first-order valence-electron chi connectivity index (χ1n) is 6.24. The Morgan fingerprint density at radius 2 is 2.20 bits per heavy atom. The molecule has 1 aromatic heterocycles. The van der Waals surface area contributed by atoms with Gasteiger partial charge in [0, 0.05) is 22.3 Å². The van der Waals surface area contributed by atoms with Crippen molar-refractivity contribution in [2.75, 3.05) is 5.73 Å². The molecule has 0 atom stereocenters. The van der Waals surface area contributed by atoms with Crippen molar-refractivity contribution in [1.82, 2.24) is 9.78 Å². The number of hydrogen-bond donors (Lipinski definition) is 1. The molecule has 0 aliphatic carbocycles. The topological polar surface area (TPSA) is 60.9 Å². The van der Waals surface area contributed by atoms with E-state index in [9.17, 15) is 4.79 Å². The van der Waals surface area contributed by atoms with Crippen LogP contribution in [0, 0.1) is 6.92 Å². The van der Waals surface area contributed by atoms with Gasteiger partial charge in [0.1, 0.15) is 0 Å². The first-order valence-corrected chi connectivity index (χ1v) is 7.41. The maximum atomic E-state index is 12.4. The zero-order valence-electron chi connectivity index (χ0n) is 11.3. The number of nitrogens with two attached hydrogens (primary N) is 1. The third-order valence-corrected chi connectivity index (χ3v) is 4.08. The number of aryl methyl sites for hydroxylation is 2. The highest BCUT2D eigenvalue weighted by Gasteiger charge is 2.18. The number of benzene rings is 1. The van der Waals surface area contributed by atoms with E-state index in [4.69, 9.17) is 17.3 Å². The highest BCUT2D eigenvalue weighted by molar-refractivity contribution is 9.10. The SMILES string of the molecule is CCn1nc(C)c(Cl)c1CC(=O)c1cc(Br)ccc1N. The number of Topliss-reactive ketones (excluding diaryl/α,β-unsaturated/α-hetero) is 1. The predicted octanol–water partition coefficient (Wildman–Crippen LogP) is 3.63. The van der Waals surface area contributed by atoms with Gasteiger partial charge in [0.2, 0.25) is 0 Å². The lowest BCUT2D eigenvalue weighted by Gasteiger charge is -2.07. The molecule has 0 saturated carbocycles. The number of aromatic nitrogens is 2. The van der Waals surface area contributed by atoms with Crippen molar-refractivity contribution < 1.29 is 4.79 Å². The Hall–Kier alpha value is -1.33. The fourth-order valence-corrected chi connectivity index (χ4v) is 2.62. The normalized spacial score (nSPS) is 10.8. The van der Waals surface area contributed by atoms with Gasteiger partial charge in [-0.3, -0.25) is 9.48 Å². The van der Waals surface area contributed by atoms with Crippen LogP contribution in [0.25, 0.3) is 0 Å². The number of hydrogen-bond acceptors (Lipinski definition) is 3. The molecule has 2 N–H and O–H groups in total. The van der Waals surface area contributed by atoms with Gasteiger partial charge >= 0.3 is 0 Å². The minimum atomic E-state index is -0.0692. The minimum absolute atomic E-state index is 0.0692. The maximum absolute atomic E-state index is 12.4. The summed E-state index contributed by atoms with van der Waals surface area (Å²) in [5.41, 5.74) is 8.29. The first-order chi connectivity index (χ1) is 9.43. The summed E-state index contributed by atoms with van der Waals surface area (Å²) < 4.78 is 2.57. The van der Waals surface area contributed by atoms with Crippen molar-refractivity contribution in [1.29, 1.82) is 0 Å². The van der Waals surface area contributed by atoms with Crippen LogP contribution in [0.3, 0.4) is 0 Å². The molecule has 0 aliphatic heterocycles. The molecule has 0 unspecified atom stereocenters. The molecule has 0 amide bonds. The largest absolute Gasteiger partial charge is 0.398 e. The van der Waals surface area contributed by atoms with Gasteiger partial charge in [-0.1, -0.05) is 27.5 Å². The molecule has 0 radical (unpaired) electrons. The van der Waals surface area contributed by atoms with E-state index >= 15 is 0 Å². The number of halogens is 2. The Balaban J connectivity index is 2.35. The second-order valence-corrected chi connectivity index (χ2v) is 5.79. The molecule has 0 spiro atoms. The number of ketones is 1. The van der Waals surface area contributed by atoms with Crippen molar-refractivity contribution in [2.24, 2.45) is 0 Å². The third kappa shape index (κ3) is 2.88. The zero-order chi connectivity index (χ0) is 14.9. The first kappa shape index (κ1) is 15.1. The van der Waals surface area contributed by atoms with E-state index in [1.54, 1.807) is 22.9 Å². The summed E-state index contributed by atoms with van der Waals surface area (Å²) in [6.07, 6.45) is 0.189. The quantitative estimate of drug-likeness (QED) is 0.672. The fourth-order valence-electron chi connectivity index (χ4n) is 2.06. The van der Waals surface area contributed by atoms with Crippen molar-refractivity contribution in [3.8, 4) is 0 Å². The molecule has 0 fully saturated rings. The predicted molar refractivity (Wildman–Crippen MR) is 84.2 cm³/mol. The second kappa shape index (κ2) is 5.97. The second-order valence-electron chi connectivity index (χ2n) is 4.49. The molecule has 0 saturated heterocycles. The van der Waals surface area contributed by atoms with Crippen LogP contribution in [0.2, 0.25) is 5.02 Å². The van der Waals surface area contributed by atoms with Gasteiger partial charge in [-0.25, -0.2) is 0 Å². The highest BCUT2D eigenvalue weighted by Crippen LogP contribution is 2.24.